The van der Waals surface area contributed by atoms with E-state index in [1.165, 1.54) is 30.3 Å². The van der Waals surface area contributed by atoms with Crippen LogP contribution in [0.4, 0.5) is 5.95 Å². The van der Waals surface area contributed by atoms with Crippen molar-refractivity contribution in [2.24, 2.45) is 16.7 Å². The molecule has 2 aliphatic rings. The number of rotatable bonds is 1. The molecule has 0 aliphatic heterocycles. The highest BCUT2D eigenvalue weighted by Gasteiger charge is 2.60. The van der Waals surface area contributed by atoms with Crippen LogP contribution in [0.3, 0.4) is 0 Å². The lowest BCUT2D eigenvalue weighted by Crippen LogP contribution is -2.37. The van der Waals surface area contributed by atoms with E-state index < -0.39 is 0 Å². The lowest BCUT2D eigenvalue weighted by atomic mass is 9.68. The first kappa shape index (κ1) is 13.2. The van der Waals surface area contributed by atoms with Gasteiger partial charge in [0.15, 0.2) is 0 Å². The summed E-state index contributed by atoms with van der Waals surface area (Å²) in [4.78, 5) is 4.64. The van der Waals surface area contributed by atoms with Crippen molar-refractivity contribution in [2.75, 3.05) is 5.73 Å². The highest BCUT2D eigenvalue weighted by molar-refractivity contribution is 5.79. The largest absolute Gasteiger partial charge is 0.369 e. The van der Waals surface area contributed by atoms with Gasteiger partial charge in [-0.2, -0.15) is 0 Å². The second-order valence-corrected chi connectivity index (χ2v) is 8.15. The van der Waals surface area contributed by atoms with Gasteiger partial charge in [-0.1, -0.05) is 26.8 Å². The van der Waals surface area contributed by atoms with Crippen molar-refractivity contribution in [1.82, 2.24) is 9.55 Å². The van der Waals surface area contributed by atoms with Crippen LogP contribution in [0.1, 0.15) is 51.6 Å². The fraction of sp³-hybridized carbons (Fsp3) is 0.611. The minimum atomic E-state index is 0.291. The molecule has 1 aromatic carbocycles. The summed E-state index contributed by atoms with van der Waals surface area (Å²) in [5, 5.41) is 0. The zero-order valence-electron chi connectivity index (χ0n) is 13.5. The maximum atomic E-state index is 6.35. The SMILES string of the molecule is Cc1ccc2c(c1)nc(N)n2C1C2(C)CCC(C2)C1(C)C. The van der Waals surface area contributed by atoms with E-state index in [4.69, 9.17) is 5.73 Å². The molecule has 0 saturated heterocycles. The topological polar surface area (TPSA) is 43.8 Å². The maximum absolute atomic E-state index is 6.35. The Balaban J connectivity index is 1.96. The number of aryl methyl sites for hydroxylation is 1. The zero-order chi connectivity index (χ0) is 15.0. The molecule has 4 rings (SSSR count). The highest BCUT2D eigenvalue weighted by Crippen LogP contribution is 2.68. The van der Waals surface area contributed by atoms with Crippen molar-refractivity contribution in [3.63, 3.8) is 0 Å². The van der Waals surface area contributed by atoms with Crippen molar-refractivity contribution < 1.29 is 0 Å². The molecule has 2 aliphatic carbocycles. The first-order valence-corrected chi connectivity index (χ1v) is 8.07. The second-order valence-electron chi connectivity index (χ2n) is 8.15. The summed E-state index contributed by atoms with van der Waals surface area (Å²) in [7, 11) is 0. The number of fused-ring (bicyclic) bond motifs is 3. The summed E-state index contributed by atoms with van der Waals surface area (Å²) in [5.41, 5.74) is 10.5. The average Bonchev–Trinajstić information content (AvgIpc) is 2.97. The molecule has 2 fully saturated rings. The molecular formula is C18H25N3. The fourth-order valence-electron chi connectivity index (χ4n) is 5.42. The number of hydrogen-bond acceptors (Lipinski definition) is 2. The van der Waals surface area contributed by atoms with Gasteiger partial charge in [0.2, 0.25) is 5.95 Å². The summed E-state index contributed by atoms with van der Waals surface area (Å²) >= 11 is 0. The summed E-state index contributed by atoms with van der Waals surface area (Å²) < 4.78 is 2.34. The lowest BCUT2D eigenvalue weighted by Gasteiger charge is -2.44. The third-order valence-electron chi connectivity index (χ3n) is 6.32. The highest BCUT2D eigenvalue weighted by atomic mass is 15.2. The van der Waals surface area contributed by atoms with E-state index >= 15 is 0 Å². The molecule has 0 amide bonds. The third kappa shape index (κ3) is 1.58. The summed E-state index contributed by atoms with van der Waals surface area (Å²) in [5.74, 6) is 1.50. The molecule has 1 aromatic heterocycles. The van der Waals surface area contributed by atoms with E-state index in [2.05, 4.69) is 55.4 Å². The number of benzene rings is 1. The van der Waals surface area contributed by atoms with Crippen LogP contribution in [0.15, 0.2) is 18.2 Å². The van der Waals surface area contributed by atoms with E-state index in [9.17, 15) is 0 Å². The van der Waals surface area contributed by atoms with Crippen LogP contribution < -0.4 is 5.73 Å². The minimum Gasteiger partial charge on any atom is -0.369 e. The van der Waals surface area contributed by atoms with Gasteiger partial charge in [-0.25, -0.2) is 4.98 Å². The zero-order valence-corrected chi connectivity index (χ0v) is 13.5. The number of imidazole rings is 1. The Morgan fingerprint density at radius 2 is 2.05 bits per heavy atom. The first-order chi connectivity index (χ1) is 9.83. The molecule has 3 nitrogen and oxygen atoms in total. The van der Waals surface area contributed by atoms with Crippen LogP contribution in [0, 0.1) is 23.7 Å². The van der Waals surface area contributed by atoms with Gasteiger partial charge in [0.25, 0.3) is 0 Å². The van der Waals surface area contributed by atoms with E-state index in [1.54, 1.807) is 0 Å². The fourth-order valence-corrected chi connectivity index (χ4v) is 5.42. The molecule has 2 saturated carbocycles. The monoisotopic (exact) mass is 283 g/mol. The molecule has 0 radical (unpaired) electrons. The number of anilines is 1. The number of nitrogens with two attached hydrogens (primary N) is 1. The van der Waals surface area contributed by atoms with Crippen molar-refractivity contribution in [3.05, 3.63) is 23.8 Å². The van der Waals surface area contributed by atoms with Gasteiger partial charge < -0.3 is 10.3 Å². The first-order valence-electron chi connectivity index (χ1n) is 8.07. The molecule has 2 N–H and O–H groups in total. The van der Waals surface area contributed by atoms with Crippen molar-refractivity contribution >= 4 is 17.0 Å². The Bertz CT molecular complexity index is 723. The Morgan fingerprint density at radius 3 is 2.71 bits per heavy atom. The van der Waals surface area contributed by atoms with Crippen molar-refractivity contribution in [2.45, 2.75) is 53.0 Å². The predicted molar refractivity (Wildman–Crippen MR) is 87.1 cm³/mol. The van der Waals surface area contributed by atoms with Crippen LogP contribution in [0.25, 0.3) is 11.0 Å². The molecule has 21 heavy (non-hydrogen) atoms. The van der Waals surface area contributed by atoms with Crippen molar-refractivity contribution in [3.8, 4) is 0 Å². The van der Waals surface area contributed by atoms with E-state index in [-0.39, 0.29) is 0 Å². The van der Waals surface area contributed by atoms with E-state index in [1.807, 2.05) is 0 Å². The summed E-state index contributed by atoms with van der Waals surface area (Å²) in [6.45, 7) is 9.40. The predicted octanol–water partition coefficient (Wildman–Crippen LogP) is 4.31. The minimum absolute atomic E-state index is 0.291. The van der Waals surface area contributed by atoms with Gasteiger partial charge in [0.05, 0.1) is 11.0 Å². The molecule has 2 bridgehead atoms. The van der Waals surface area contributed by atoms with Gasteiger partial charge in [-0.05, 0) is 60.6 Å². The van der Waals surface area contributed by atoms with Gasteiger partial charge >= 0.3 is 0 Å². The number of aromatic nitrogens is 2. The Labute approximate surface area is 126 Å². The van der Waals surface area contributed by atoms with Gasteiger partial charge in [-0.15, -0.1) is 0 Å². The average molecular weight is 283 g/mol. The third-order valence-corrected chi connectivity index (χ3v) is 6.32. The Morgan fingerprint density at radius 1 is 1.29 bits per heavy atom. The molecule has 3 heteroatoms. The van der Waals surface area contributed by atoms with Crippen LogP contribution in [0.2, 0.25) is 0 Å². The van der Waals surface area contributed by atoms with Gasteiger partial charge in [0.1, 0.15) is 0 Å². The Kier molecular flexibility index (Phi) is 2.40. The smallest absolute Gasteiger partial charge is 0.201 e. The lowest BCUT2D eigenvalue weighted by molar-refractivity contribution is 0.0882. The van der Waals surface area contributed by atoms with Gasteiger partial charge in [-0.3, -0.25) is 0 Å². The van der Waals surface area contributed by atoms with Crippen LogP contribution >= 0.6 is 0 Å². The molecule has 3 atom stereocenters. The van der Waals surface area contributed by atoms with Crippen molar-refractivity contribution in [1.29, 1.82) is 0 Å². The molecule has 0 spiro atoms. The van der Waals surface area contributed by atoms with E-state index in [0.717, 1.165) is 11.4 Å². The number of hydrogen-bond donors (Lipinski definition) is 1. The van der Waals surface area contributed by atoms with Gasteiger partial charge in [0, 0.05) is 6.04 Å². The quantitative estimate of drug-likeness (QED) is 0.847. The number of nitrogen functional groups attached to an aromatic ring is 1. The summed E-state index contributed by atoms with van der Waals surface area (Å²) in [6.07, 6.45) is 4.01. The molecule has 2 aromatic rings. The maximum Gasteiger partial charge on any atom is 0.201 e. The second kappa shape index (κ2) is 3.82. The molecule has 3 unspecified atom stereocenters. The summed E-state index contributed by atoms with van der Waals surface area (Å²) in [6, 6.07) is 6.96. The van der Waals surface area contributed by atoms with Crippen LogP contribution in [-0.2, 0) is 0 Å². The van der Waals surface area contributed by atoms with Crippen LogP contribution in [-0.4, -0.2) is 9.55 Å². The molecule has 1 heterocycles. The van der Waals surface area contributed by atoms with E-state index in [0.29, 0.717) is 22.8 Å². The molecule has 112 valence electrons. The normalized spacial score (nSPS) is 33.9. The Hall–Kier alpha value is -1.51. The van der Waals surface area contributed by atoms with Crippen LogP contribution in [0.5, 0.6) is 0 Å². The molecular weight excluding hydrogens is 258 g/mol. The standard InChI is InChI=1S/C18H25N3/c1-11-5-6-14-13(9-11)20-16(19)21(14)15-17(2,3)12-7-8-18(15,4)10-12/h5-6,9,12,15H,7-8,10H2,1-4H3,(H2,19,20). The number of nitrogens with zero attached hydrogens (tertiary/aromatic N) is 2.